The third-order valence-electron chi connectivity index (χ3n) is 6.67. The number of carbonyl (C=O) groups is 3. The Labute approximate surface area is 201 Å². The number of carbonyl (C=O) groups excluding carboxylic acids is 3. The van der Waals surface area contributed by atoms with Gasteiger partial charge in [-0.15, -0.1) is 11.3 Å². The molecule has 4 amide bonds. The van der Waals surface area contributed by atoms with Crippen LogP contribution < -0.4 is 10.1 Å². The second kappa shape index (κ2) is 8.72. The molecule has 0 spiro atoms. The summed E-state index contributed by atoms with van der Waals surface area (Å²) in [7, 11) is 1.56. The van der Waals surface area contributed by atoms with E-state index in [1.54, 1.807) is 54.5 Å². The van der Waals surface area contributed by atoms with E-state index >= 15 is 0 Å². The molecule has 3 aromatic rings. The highest BCUT2D eigenvalue weighted by Crippen LogP contribution is 2.34. The standard InChI is InChI=1S/C25H26N4O4S/c1-25(17-9-11-18(33-2)12-10-17)23(31)29(24(32)27-25)15-21(30)28-13-5-6-16(14-28)22-26-19-7-3-4-8-20(19)34-22/h3-4,7-12,16H,5-6,13-15H2,1-2H3,(H,27,32)/t16-,25-/m0/s1. The zero-order valence-corrected chi connectivity index (χ0v) is 19.9. The molecule has 2 atom stereocenters. The molecular weight excluding hydrogens is 452 g/mol. The van der Waals surface area contributed by atoms with Crippen LogP contribution in [-0.2, 0) is 15.1 Å². The van der Waals surface area contributed by atoms with Crippen LogP contribution in [0.25, 0.3) is 10.2 Å². The van der Waals surface area contributed by atoms with Crippen molar-refractivity contribution in [2.45, 2.75) is 31.2 Å². The van der Waals surface area contributed by atoms with E-state index in [4.69, 9.17) is 9.72 Å². The van der Waals surface area contributed by atoms with Gasteiger partial charge in [0.1, 0.15) is 17.8 Å². The van der Waals surface area contributed by atoms with Crippen molar-refractivity contribution in [1.29, 1.82) is 0 Å². The number of piperidine rings is 1. The molecule has 2 aliphatic heterocycles. The SMILES string of the molecule is COc1ccc([C@]2(C)NC(=O)N(CC(=O)N3CCC[C@H](c4nc5ccccc5s4)C3)C2=O)cc1. The monoisotopic (exact) mass is 478 g/mol. The van der Waals surface area contributed by atoms with E-state index in [2.05, 4.69) is 11.4 Å². The number of amides is 4. The Morgan fingerprint density at radius 1 is 1.21 bits per heavy atom. The molecule has 0 radical (unpaired) electrons. The number of hydrogen-bond donors (Lipinski definition) is 1. The Morgan fingerprint density at radius 3 is 2.71 bits per heavy atom. The van der Waals surface area contributed by atoms with Gasteiger partial charge in [0.15, 0.2) is 0 Å². The Hall–Kier alpha value is -3.46. The summed E-state index contributed by atoms with van der Waals surface area (Å²) in [6.45, 7) is 2.53. The molecule has 2 aromatic carbocycles. The molecule has 0 unspecified atom stereocenters. The lowest BCUT2D eigenvalue weighted by molar-refractivity contribution is -0.139. The fraction of sp³-hybridized carbons (Fsp3) is 0.360. The number of imide groups is 1. The van der Waals surface area contributed by atoms with E-state index in [1.807, 2.05) is 18.2 Å². The number of aromatic nitrogens is 1. The van der Waals surface area contributed by atoms with Crippen LogP contribution in [0.1, 0.15) is 36.3 Å². The zero-order chi connectivity index (χ0) is 23.9. The molecule has 1 aromatic heterocycles. The Morgan fingerprint density at radius 2 is 1.97 bits per heavy atom. The highest BCUT2D eigenvalue weighted by molar-refractivity contribution is 7.18. The van der Waals surface area contributed by atoms with Gasteiger partial charge in [-0.25, -0.2) is 9.78 Å². The lowest BCUT2D eigenvalue weighted by Crippen LogP contribution is -2.47. The van der Waals surface area contributed by atoms with E-state index in [1.165, 1.54) is 0 Å². The predicted molar refractivity (Wildman–Crippen MR) is 129 cm³/mol. The van der Waals surface area contributed by atoms with Gasteiger partial charge < -0.3 is 15.0 Å². The number of ether oxygens (including phenoxy) is 1. The lowest BCUT2D eigenvalue weighted by atomic mass is 9.92. The number of likely N-dealkylation sites (tertiary alicyclic amines) is 1. The maximum Gasteiger partial charge on any atom is 0.325 e. The first-order chi connectivity index (χ1) is 16.4. The molecule has 8 nitrogen and oxygen atoms in total. The molecule has 9 heteroatoms. The van der Waals surface area contributed by atoms with Gasteiger partial charge in [-0.05, 0) is 49.6 Å². The fourth-order valence-electron chi connectivity index (χ4n) is 4.67. The number of methoxy groups -OCH3 is 1. The summed E-state index contributed by atoms with van der Waals surface area (Å²) in [4.78, 5) is 46.6. The van der Waals surface area contributed by atoms with Crippen LogP contribution in [0, 0.1) is 0 Å². The Bertz CT molecular complexity index is 1220. The number of nitrogens with zero attached hydrogens (tertiary/aromatic N) is 3. The van der Waals surface area contributed by atoms with Crippen LogP contribution in [0.15, 0.2) is 48.5 Å². The topological polar surface area (TPSA) is 91.8 Å². The summed E-state index contributed by atoms with van der Waals surface area (Å²) in [6, 6.07) is 14.4. The van der Waals surface area contributed by atoms with Crippen LogP contribution >= 0.6 is 11.3 Å². The summed E-state index contributed by atoms with van der Waals surface area (Å²) >= 11 is 1.66. The van der Waals surface area contributed by atoms with Crippen molar-refractivity contribution in [1.82, 2.24) is 20.1 Å². The average molecular weight is 479 g/mol. The van der Waals surface area contributed by atoms with Gasteiger partial charge in [0.25, 0.3) is 5.91 Å². The van der Waals surface area contributed by atoms with Gasteiger partial charge in [-0.2, -0.15) is 0 Å². The predicted octanol–water partition coefficient (Wildman–Crippen LogP) is 3.48. The van der Waals surface area contributed by atoms with E-state index in [-0.39, 0.29) is 18.4 Å². The van der Waals surface area contributed by atoms with Crippen LogP contribution in [0.4, 0.5) is 4.79 Å². The van der Waals surface area contributed by atoms with Gasteiger partial charge in [-0.3, -0.25) is 14.5 Å². The molecule has 2 saturated heterocycles. The van der Waals surface area contributed by atoms with Gasteiger partial charge in [0.05, 0.1) is 22.3 Å². The van der Waals surface area contributed by atoms with Crippen molar-refractivity contribution >= 4 is 39.4 Å². The fourth-order valence-corrected chi connectivity index (χ4v) is 5.76. The van der Waals surface area contributed by atoms with Crippen LogP contribution in [0.5, 0.6) is 5.75 Å². The van der Waals surface area contributed by atoms with Gasteiger partial charge in [0.2, 0.25) is 5.91 Å². The molecule has 1 N–H and O–H groups in total. The molecular formula is C25H26N4O4S. The van der Waals surface area contributed by atoms with E-state index < -0.39 is 17.5 Å². The first kappa shape index (κ1) is 22.3. The van der Waals surface area contributed by atoms with E-state index in [0.29, 0.717) is 24.4 Å². The molecule has 2 aliphatic rings. The minimum atomic E-state index is -1.23. The first-order valence-electron chi connectivity index (χ1n) is 11.3. The largest absolute Gasteiger partial charge is 0.497 e. The second-order valence-electron chi connectivity index (χ2n) is 8.87. The van der Waals surface area contributed by atoms with Gasteiger partial charge in [-0.1, -0.05) is 24.3 Å². The maximum atomic E-state index is 13.2. The Balaban J connectivity index is 1.28. The minimum Gasteiger partial charge on any atom is -0.497 e. The number of rotatable bonds is 5. The van der Waals surface area contributed by atoms with Crippen molar-refractivity contribution in [3.8, 4) is 5.75 Å². The van der Waals surface area contributed by atoms with Gasteiger partial charge in [0, 0.05) is 19.0 Å². The summed E-state index contributed by atoms with van der Waals surface area (Å²) in [5, 5.41) is 3.79. The summed E-state index contributed by atoms with van der Waals surface area (Å²) in [5.74, 6) is 0.149. The first-order valence-corrected chi connectivity index (χ1v) is 12.1. The van der Waals surface area contributed by atoms with Gasteiger partial charge >= 0.3 is 6.03 Å². The highest BCUT2D eigenvalue weighted by Gasteiger charge is 2.49. The van der Waals surface area contributed by atoms with Crippen molar-refractivity contribution in [2.24, 2.45) is 0 Å². The number of thiazole rings is 1. The molecule has 5 rings (SSSR count). The van der Waals surface area contributed by atoms with Crippen molar-refractivity contribution in [3.05, 3.63) is 59.1 Å². The van der Waals surface area contributed by atoms with Crippen molar-refractivity contribution < 1.29 is 19.1 Å². The van der Waals surface area contributed by atoms with Crippen molar-refractivity contribution in [2.75, 3.05) is 26.7 Å². The highest BCUT2D eigenvalue weighted by atomic mass is 32.1. The normalized spacial score (nSPS) is 22.8. The molecule has 0 bridgehead atoms. The lowest BCUT2D eigenvalue weighted by Gasteiger charge is -2.32. The quantitative estimate of drug-likeness (QED) is 0.567. The van der Waals surface area contributed by atoms with E-state index in [9.17, 15) is 14.4 Å². The van der Waals surface area contributed by atoms with E-state index in [0.717, 1.165) is 33.0 Å². The molecule has 176 valence electrons. The number of hydrogen-bond acceptors (Lipinski definition) is 6. The molecule has 2 fully saturated rings. The third kappa shape index (κ3) is 3.90. The molecule has 34 heavy (non-hydrogen) atoms. The maximum absolute atomic E-state index is 13.2. The smallest absolute Gasteiger partial charge is 0.325 e. The molecule has 0 saturated carbocycles. The average Bonchev–Trinajstić information content (AvgIpc) is 3.39. The summed E-state index contributed by atoms with van der Waals surface area (Å²) < 4.78 is 6.31. The Kier molecular flexibility index (Phi) is 5.73. The number of urea groups is 1. The molecule has 3 heterocycles. The van der Waals surface area contributed by atoms with Crippen LogP contribution in [0.3, 0.4) is 0 Å². The number of para-hydroxylation sites is 1. The van der Waals surface area contributed by atoms with Crippen molar-refractivity contribution in [3.63, 3.8) is 0 Å². The summed E-state index contributed by atoms with van der Waals surface area (Å²) in [5.41, 5.74) is 0.383. The summed E-state index contributed by atoms with van der Waals surface area (Å²) in [6.07, 6.45) is 1.82. The number of nitrogens with one attached hydrogen (secondary N) is 1. The third-order valence-corrected chi connectivity index (χ3v) is 7.87. The van der Waals surface area contributed by atoms with Crippen LogP contribution in [0.2, 0.25) is 0 Å². The molecule has 0 aliphatic carbocycles. The zero-order valence-electron chi connectivity index (χ0n) is 19.1. The number of fused-ring (bicyclic) bond motifs is 1. The second-order valence-corrected chi connectivity index (χ2v) is 9.94. The van der Waals surface area contributed by atoms with Crippen LogP contribution in [-0.4, -0.2) is 59.4 Å². The minimum absolute atomic E-state index is 0.155. The number of benzene rings is 2.